The van der Waals surface area contributed by atoms with E-state index in [4.69, 9.17) is 0 Å². The van der Waals surface area contributed by atoms with Crippen LogP contribution in [-0.2, 0) is 22.6 Å². The molecule has 5 rings (SSSR count). The van der Waals surface area contributed by atoms with Crippen LogP contribution in [0.1, 0.15) is 53.7 Å². The van der Waals surface area contributed by atoms with Gasteiger partial charge in [0.25, 0.3) is 5.91 Å². The summed E-state index contributed by atoms with van der Waals surface area (Å²) in [4.78, 5) is 44.3. The van der Waals surface area contributed by atoms with E-state index in [0.29, 0.717) is 31.5 Å². The van der Waals surface area contributed by atoms with Gasteiger partial charge in [-0.2, -0.15) is 0 Å². The third-order valence-corrected chi connectivity index (χ3v) is 7.56. The summed E-state index contributed by atoms with van der Waals surface area (Å²) in [6.45, 7) is 6.63. The summed E-state index contributed by atoms with van der Waals surface area (Å²) in [7, 11) is 0. The molecule has 0 bridgehead atoms. The molecule has 1 aliphatic heterocycles. The number of carbonyl (C=O) groups excluding carboxylic acids is 3. The monoisotopic (exact) mass is 547 g/mol. The van der Waals surface area contributed by atoms with E-state index in [0.717, 1.165) is 33.2 Å². The Balaban J connectivity index is 1.37. The van der Waals surface area contributed by atoms with Crippen LogP contribution >= 0.6 is 0 Å². The molecule has 41 heavy (non-hydrogen) atoms. The Morgan fingerprint density at radius 2 is 1.59 bits per heavy atom. The second-order valence-electron chi connectivity index (χ2n) is 11.1. The maximum Gasteiger partial charge on any atom is 0.258 e. The van der Waals surface area contributed by atoms with E-state index in [9.17, 15) is 14.4 Å². The van der Waals surface area contributed by atoms with Crippen molar-refractivity contribution in [3.8, 4) is 0 Å². The van der Waals surface area contributed by atoms with Crippen molar-refractivity contribution in [2.45, 2.75) is 58.7 Å². The first-order chi connectivity index (χ1) is 19.8. The molecule has 0 radical (unpaired) electrons. The molecule has 1 N–H and O–H groups in total. The lowest BCUT2D eigenvalue weighted by molar-refractivity contribution is -0.141. The molecule has 1 aliphatic rings. The van der Waals surface area contributed by atoms with Crippen molar-refractivity contribution in [2.24, 2.45) is 0 Å². The largest absolute Gasteiger partial charge is 0.352 e. The number of nitrogens with zero attached hydrogens (tertiary/aromatic N) is 2. The zero-order valence-corrected chi connectivity index (χ0v) is 24.0. The van der Waals surface area contributed by atoms with Crippen LogP contribution in [0.3, 0.4) is 0 Å². The first-order valence-electron chi connectivity index (χ1n) is 14.3. The van der Waals surface area contributed by atoms with Crippen molar-refractivity contribution >= 4 is 34.2 Å². The lowest BCUT2D eigenvalue weighted by atomic mass is 10.0. The average Bonchev–Trinajstić information content (AvgIpc) is 3.23. The minimum atomic E-state index is -0.667. The minimum absolute atomic E-state index is 0.0286. The number of aryl methyl sites for hydroxylation is 1. The number of rotatable bonds is 11. The predicted octanol–water partition coefficient (Wildman–Crippen LogP) is 6.05. The summed E-state index contributed by atoms with van der Waals surface area (Å²) >= 11 is 0. The van der Waals surface area contributed by atoms with Crippen LogP contribution in [0.15, 0.2) is 91.0 Å². The molecule has 0 aliphatic carbocycles. The van der Waals surface area contributed by atoms with E-state index in [2.05, 4.69) is 11.4 Å². The van der Waals surface area contributed by atoms with Crippen LogP contribution in [-0.4, -0.2) is 41.2 Å². The van der Waals surface area contributed by atoms with Crippen molar-refractivity contribution < 1.29 is 14.4 Å². The SMILES string of the molecule is Cc1cccc(CN(C(=O)CCCN2C(=O)c3cccc4cccc2c34)[C@H](Cc2ccccc2)C(=O)NC(C)C)c1. The van der Waals surface area contributed by atoms with Gasteiger partial charge in [-0.05, 0) is 55.8 Å². The molecule has 210 valence electrons. The van der Waals surface area contributed by atoms with Gasteiger partial charge in [-0.1, -0.05) is 84.4 Å². The predicted molar refractivity (Wildman–Crippen MR) is 164 cm³/mol. The van der Waals surface area contributed by atoms with Crippen molar-refractivity contribution in [1.82, 2.24) is 10.2 Å². The maximum absolute atomic E-state index is 14.0. The quantitative estimate of drug-likeness (QED) is 0.248. The van der Waals surface area contributed by atoms with Crippen molar-refractivity contribution in [1.29, 1.82) is 0 Å². The summed E-state index contributed by atoms with van der Waals surface area (Å²) < 4.78 is 0. The van der Waals surface area contributed by atoms with Gasteiger partial charge in [0.05, 0.1) is 5.69 Å². The molecule has 0 unspecified atom stereocenters. The number of anilines is 1. The number of carbonyl (C=O) groups is 3. The number of benzene rings is 4. The lowest BCUT2D eigenvalue weighted by Crippen LogP contribution is -2.51. The highest BCUT2D eigenvalue weighted by Gasteiger charge is 2.32. The van der Waals surface area contributed by atoms with E-state index in [1.807, 2.05) is 106 Å². The molecule has 1 heterocycles. The van der Waals surface area contributed by atoms with Gasteiger partial charge in [0.1, 0.15) is 6.04 Å². The highest BCUT2D eigenvalue weighted by atomic mass is 16.2. The zero-order chi connectivity index (χ0) is 28.9. The zero-order valence-electron chi connectivity index (χ0n) is 24.0. The number of amides is 3. The van der Waals surface area contributed by atoms with Gasteiger partial charge in [-0.25, -0.2) is 0 Å². The first kappa shape index (κ1) is 28.1. The van der Waals surface area contributed by atoms with Crippen LogP contribution in [0.2, 0.25) is 0 Å². The molecule has 0 saturated heterocycles. The second-order valence-corrected chi connectivity index (χ2v) is 11.1. The lowest BCUT2D eigenvalue weighted by Gasteiger charge is -2.32. The van der Waals surface area contributed by atoms with Gasteiger partial charge in [0.2, 0.25) is 11.8 Å². The molecule has 6 nitrogen and oxygen atoms in total. The standard InChI is InChI=1S/C35H37N3O3/c1-24(2)36-34(40)31(22-26-12-5-4-6-13-26)38(23-27-14-7-11-25(3)21-27)32(39)19-10-20-37-30-18-9-16-28-15-8-17-29(33(28)30)35(37)41/h4-9,11-18,21,24,31H,10,19-20,22-23H2,1-3H3,(H,36,40)/t31-/m1/s1. The number of nitrogens with one attached hydrogen (secondary N) is 1. The smallest absolute Gasteiger partial charge is 0.258 e. The minimum Gasteiger partial charge on any atom is -0.352 e. The van der Waals surface area contributed by atoms with Gasteiger partial charge >= 0.3 is 0 Å². The molecule has 6 heteroatoms. The van der Waals surface area contributed by atoms with Gasteiger partial charge in [0, 0.05) is 42.9 Å². The van der Waals surface area contributed by atoms with E-state index in [-0.39, 0.29) is 30.2 Å². The highest BCUT2D eigenvalue weighted by Crippen LogP contribution is 2.37. The van der Waals surface area contributed by atoms with Crippen LogP contribution in [0, 0.1) is 6.92 Å². The fourth-order valence-corrected chi connectivity index (χ4v) is 5.68. The number of hydrogen-bond acceptors (Lipinski definition) is 3. The van der Waals surface area contributed by atoms with Crippen molar-refractivity contribution in [2.75, 3.05) is 11.4 Å². The van der Waals surface area contributed by atoms with Crippen LogP contribution in [0.4, 0.5) is 5.69 Å². The third-order valence-electron chi connectivity index (χ3n) is 7.56. The number of hydrogen-bond donors (Lipinski definition) is 1. The highest BCUT2D eigenvalue weighted by molar-refractivity contribution is 6.25. The fraction of sp³-hybridized carbons (Fsp3) is 0.286. The molecule has 4 aromatic carbocycles. The van der Waals surface area contributed by atoms with Crippen LogP contribution < -0.4 is 10.2 Å². The summed E-state index contributed by atoms with van der Waals surface area (Å²) in [6, 6.07) is 28.9. The van der Waals surface area contributed by atoms with E-state index >= 15 is 0 Å². The maximum atomic E-state index is 14.0. The average molecular weight is 548 g/mol. The Labute approximate surface area is 242 Å². The van der Waals surface area contributed by atoms with Gasteiger partial charge < -0.3 is 15.1 Å². The Kier molecular flexibility index (Phi) is 8.48. The van der Waals surface area contributed by atoms with E-state index in [1.54, 1.807) is 9.80 Å². The van der Waals surface area contributed by atoms with Gasteiger partial charge in [-0.3, -0.25) is 14.4 Å². The molecule has 1 atom stereocenters. The normalized spacial score (nSPS) is 13.1. The molecule has 0 fully saturated rings. The summed E-state index contributed by atoms with van der Waals surface area (Å²) in [5, 5.41) is 5.05. The Morgan fingerprint density at radius 3 is 2.32 bits per heavy atom. The molecule has 3 amide bonds. The van der Waals surface area contributed by atoms with E-state index in [1.165, 1.54) is 0 Å². The second kappa shape index (κ2) is 12.4. The summed E-state index contributed by atoms with van der Waals surface area (Å²) in [5.41, 5.74) is 4.67. The Hall–Kier alpha value is -4.45. The molecule has 0 spiro atoms. The summed E-state index contributed by atoms with van der Waals surface area (Å²) in [6.07, 6.45) is 1.13. The third kappa shape index (κ3) is 6.32. The molecule has 0 saturated carbocycles. The van der Waals surface area contributed by atoms with Crippen LogP contribution in [0.5, 0.6) is 0 Å². The first-order valence-corrected chi connectivity index (χ1v) is 14.3. The Morgan fingerprint density at radius 1 is 0.878 bits per heavy atom. The molecular formula is C35H37N3O3. The summed E-state index contributed by atoms with van der Waals surface area (Å²) in [5.74, 6) is -0.297. The Bertz CT molecular complexity index is 1560. The molecular weight excluding hydrogens is 510 g/mol. The molecule has 4 aromatic rings. The van der Waals surface area contributed by atoms with E-state index < -0.39 is 6.04 Å². The van der Waals surface area contributed by atoms with Crippen LogP contribution in [0.25, 0.3) is 10.8 Å². The molecule has 0 aromatic heterocycles. The van der Waals surface area contributed by atoms with Crippen molar-refractivity contribution in [3.05, 3.63) is 113 Å². The fourth-order valence-electron chi connectivity index (χ4n) is 5.68. The van der Waals surface area contributed by atoms with Crippen molar-refractivity contribution in [3.63, 3.8) is 0 Å². The van der Waals surface area contributed by atoms with Gasteiger partial charge in [-0.15, -0.1) is 0 Å². The topological polar surface area (TPSA) is 69.7 Å². The van der Waals surface area contributed by atoms with Gasteiger partial charge in [0.15, 0.2) is 0 Å².